The maximum atomic E-state index is 13.1. The number of ether oxygens (including phenoxy) is 2. The van der Waals surface area contributed by atoms with E-state index in [1.807, 2.05) is 48.5 Å². The third kappa shape index (κ3) is 4.81. The molecule has 0 amide bonds. The van der Waals surface area contributed by atoms with Crippen LogP contribution < -0.4 is 4.74 Å². The fourth-order valence-corrected chi connectivity index (χ4v) is 4.46. The Morgan fingerprint density at radius 3 is 2.61 bits per heavy atom. The van der Waals surface area contributed by atoms with E-state index in [-0.39, 0.29) is 12.4 Å². The van der Waals surface area contributed by atoms with Gasteiger partial charge in [0.2, 0.25) is 0 Å². The van der Waals surface area contributed by atoms with E-state index >= 15 is 0 Å². The Balaban J connectivity index is 1.73. The van der Waals surface area contributed by atoms with E-state index in [9.17, 15) is 9.59 Å². The van der Waals surface area contributed by atoms with Gasteiger partial charge in [-0.05, 0) is 58.2 Å². The van der Waals surface area contributed by atoms with Crippen LogP contribution in [0.3, 0.4) is 0 Å². The van der Waals surface area contributed by atoms with Crippen LogP contribution in [0.15, 0.2) is 63.5 Å². The molecule has 0 radical (unpaired) electrons. The van der Waals surface area contributed by atoms with Gasteiger partial charge in [-0.2, -0.15) is 0 Å². The number of ketones is 1. The lowest BCUT2D eigenvalue weighted by molar-refractivity contribution is -0.145. The van der Waals surface area contributed by atoms with Gasteiger partial charge >= 0.3 is 5.97 Å². The van der Waals surface area contributed by atoms with Crippen molar-refractivity contribution in [1.82, 2.24) is 0 Å². The van der Waals surface area contributed by atoms with E-state index in [0.29, 0.717) is 35.7 Å². The SMILES string of the molecule is CCCCC(=O)c1c(-c2ccc3c(Br)c(OCC(=O)OCC)ccc3c2)oc2ccccc12. The molecule has 1 heterocycles. The van der Waals surface area contributed by atoms with Crippen LogP contribution in [0.25, 0.3) is 33.1 Å². The van der Waals surface area contributed by atoms with Gasteiger partial charge in [-0.25, -0.2) is 4.79 Å². The number of unbranched alkanes of at least 4 members (excludes halogenated alkanes) is 1. The molecule has 170 valence electrons. The predicted molar refractivity (Wildman–Crippen MR) is 133 cm³/mol. The van der Waals surface area contributed by atoms with Crippen molar-refractivity contribution >= 4 is 49.4 Å². The summed E-state index contributed by atoms with van der Waals surface area (Å²) in [5.41, 5.74) is 2.19. The van der Waals surface area contributed by atoms with E-state index in [0.717, 1.165) is 39.0 Å². The first-order valence-electron chi connectivity index (χ1n) is 11.1. The number of halogens is 1. The molecule has 4 aromatic rings. The Labute approximate surface area is 200 Å². The Bertz CT molecular complexity index is 1320. The van der Waals surface area contributed by atoms with Crippen LogP contribution in [0.1, 0.15) is 43.5 Å². The van der Waals surface area contributed by atoms with Gasteiger partial charge in [0.1, 0.15) is 17.1 Å². The van der Waals surface area contributed by atoms with E-state index in [4.69, 9.17) is 13.9 Å². The van der Waals surface area contributed by atoms with Crippen LogP contribution in [-0.4, -0.2) is 25.0 Å². The molecule has 0 atom stereocenters. The average molecular weight is 509 g/mol. The summed E-state index contributed by atoms with van der Waals surface area (Å²) in [5.74, 6) is 0.839. The average Bonchev–Trinajstić information content (AvgIpc) is 3.22. The molecule has 1 aromatic heterocycles. The number of hydrogen-bond acceptors (Lipinski definition) is 5. The second-order valence-corrected chi connectivity index (χ2v) is 8.53. The quantitative estimate of drug-likeness (QED) is 0.175. The molecule has 0 unspecified atom stereocenters. The summed E-state index contributed by atoms with van der Waals surface area (Å²) in [4.78, 5) is 24.7. The molecule has 0 saturated heterocycles. The minimum atomic E-state index is -0.412. The summed E-state index contributed by atoms with van der Waals surface area (Å²) in [6.07, 6.45) is 2.30. The van der Waals surface area contributed by atoms with Gasteiger partial charge in [-0.3, -0.25) is 4.79 Å². The molecule has 33 heavy (non-hydrogen) atoms. The first-order valence-corrected chi connectivity index (χ1v) is 11.9. The predicted octanol–water partition coefficient (Wildman–Crippen LogP) is 7.33. The van der Waals surface area contributed by atoms with Crippen molar-refractivity contribution < 1.29 is 23.5 Å². The van der Waals surface area contributed by atoms with E-state index in [1.165, 1.54) is 0 Å². The van der Waals surface area contributed by atoms with Gasteiger partial charge in [-0.1, -0.05) is 49.7 Å². The van der Waals surface area contributed by atoms with E-state index in [1.54, 1.807) is 13.0 Å². The summed E-state index contributed by atoms with van der Waals surface area (Å²) >= 11 is 3.59. The monoisotopic (exact) mass is 508 g/mol. The van der Waals surface area contributed by atoms with E-state index < -0.39 is 5.97 Å². The number of Topliss-reactive ketones (excluding diaryl/α,β-unsaturated/α-hetero) is 1. The van der Waals surface area contributed by atoms with Crippen molar-refractivity contribution in [2.75, 3.05) is 13.2 Å². The van der Waals surface area contributed by atoms with Gasteiger partial charge in [0.05, 0.1) is 16.6 Å². The molecule has 5 nitrogen and oxygen atoms in total. The van der Waals surface area contributed by atoms with Gasteiger partial charge in [0, 0.05) is 17.4 Å². The van der Waals surface area contributed by atoms with Crippen molar-refractivity contribution in [1.29, 1.82) is 0 Å². The first kappa shape index (κ1) is 23.1. The van der Waals surface area contributed by atoms with Crippen LogP contribution in [0.5, 0.6) is 5.75 Å². The highest BCUT2D eigenvalue weighted by Crippen LogP contribution is 2.39. The first-order chi connectivity index (χ1) is 16.0. The Morgan fingerprint density at radius 2 is 1.82 bits per heavy atom. The fraction of sp³-hybridized carbons (Fsp3) is 0.259. The van der Waals surface area contributed by atoms with Gasteiger partial charge < -0.3 is 13.9 Å². The molecule has 0 aliphatic carbocycles. The van der Waals surface area contributed by atoms with Gasteiger partial charge in [-0.15, -0.1) is 0 Å². The Morgan fingerprint density at radius 1 is 1.00 bits per heavy atom. The standard InChI is InChI=1S/C27H25BrO5/c1-3-5-9-21(29)25-20-8-6-7-10-22(20)33-27(25)18-11-13-19-17(15-18)12-14-23(26(19)28)32-16-24(30)31-4-2/h6-8,10-15H,3-5,9,16H2,1-2H3. The summed E-state index contributed by atoms with van der Waals surface area (Å²) in [6, 6.07) is 17.3. The number of rotatable bonds is 9. The molecule has 4 rings (SSSR count). The Hall–Kier alpha value is -3.12. The lowest BCUT2D eigenvalue weighted by atomic mass is 9.97. The van der Waals surface area contributed by atoms with Gasteiger partial charge in [0.25, 0.3) is 0 Å². The van der Waals surface area contributed by atoms with E-state index in [2.05, 4.69) is 22.9 Å². The number of fused-ring (bicyclic) bond motifs is 2. The lowest BCUT2D eigenvalue weighted by Gasteiger charge is -2.11. The molecule has 0 N–H and O–H groups in total. The molecular formula is C27H25BrO5. The third-order valence-electron chi connectivity index (χ3n) is 5.46. The van der Waals surface area contributed by atoms with Crippen LogP contribution in [0, 0.1) is 0 Å². The number of benzene rings is 3. The molecule has 0 bridgehead atoms. The molecule has 3 aromatic carbocycles. The second-order valence-electron chi connectivity index (χ2n) is 7.74. The second kappa shape index (κ2) is 10.2. The van der Waals surface area contributed by atoms with Crippen LogP contribution >= 0.6 is 15.9 Å². The summed E-state index contributed by atoms with van der Waals surface area (Å²) in [7, 11) is 0. The molecular weight excluding hydrogens is 484 g/mol. The molecule has 0 aliphatic rings. The van der Waals surface area contributed by atoms with Crippen molar-refractivity contribution in [2.24, 2.45) is 0 Å². The number of hydrogen-bond donors (Lipinski definition) is 0. The van der Waals surface area contributed by atoms with Gasteiger partial charge in [0.15, 0.2) is 12.4 Å². The Kier molecular flexibility index (Phi) is 7.14. The number of furan rings is 1. The molecule has 0 saturated carbocycles. The molecule has 6 heteroatoms. The highest BCUT2D eigenvalue weighted by Gasteiger charge is 2.22. The third-order valence-corrected chi connectivity index (χ3v) is 6.28. The van der Waals surface area contributed by atoms with Crippen molar-refractivity contribution in [3.63, 3.8) is 0 Å². The minimum Gasteiger partial charge on any atom is -0.481 e. The zero-order chi connectivity index (χ0) is 23.4. The number of carbonyl (C=O) groups excluding carboxylic acids is 2. The zero-order valence-corrected chi connectivity index (χ0v) is 20.2. The molecule has 0 fully saturated rings. The number of para-hydroxylation sites is 1. The smallest absolute Gasteiger partial charge is 0.344 e. The molecule has 0 aliphatic heterocycles. The van der Waals surface area contributed by atoms with Crippen LogP contribution in [0.2, 0.25) is 0 Å². The highest BCUT2D eigenvalue weighted by atomic mass is 79.9. The maximum absolute atomic E-state index is 13.1. The fourth-order valence-electron chi connectivity index (χ4n) is 3.85. The zero-order valence-electron chi connectivity index (χ0n) is 18.7. The number of esters is 1. The minimum absolute atomic E-state index is 0.0980. The normalized spacial score (nSPS) is 11.1. The van der Waals surface area contributed by atoms with Crippen molar-refractivity contribution in [2.45, 2.75) is 33.1 Å². The summed E-state index contributed by atoms with van der Waals surface area (Å²) < 4.78 is 17.5. The highest BCUT2D eigenvalue weighted by molar-refractivity contribution is 9.10. The molecule has 0 spiro atoms. The lowest BCUT2D eigenvalue weighted by Crippen LogP contribution is -2.14. The largest absolute Gasteiger partial charge is 0.481 e. The number of carbonyl (C=O) groups is 2. The van der Waals surface area contributed by atoms with Crippen LogP contribution in [0.4, 0.5) is 0 Å². The maximum Gasteiger partial charge on any atom is 0.344 e. The summed E-state index contributed by atoms with van der Waals surface area (Å²) in [5, 5.41) is 2.72. The van der Waals surface area contributed by atoms with Crippen LogP contribution in [-0.2, 0) is 9.53 Å². The van der Waals surface area contributed by atoms with Crippen molar-refractivity contribution in [3.8, 4) is 17.1 Å². The summed E-state index contributed by atoms with van der Waals surface area (Å²) in [6.45, 7) is 3.99. The van der Waals surface area contributed by atoms with Crippen molar-refractivity contribution in [3.05, 3.63) is 64.6 Å². The topological polar surface area (TPSA) is 65.7 Å².